The van der Waals surface area contributed by atoms with E-state index in [1.165, 1.54) is 42.0 Å². The number of carbonyl (C=O) groups excluding carboxylic acids is 8. The number of rotatable bonds is 16. The van der Waals surface area contributed by atoms with Gasteiger partial charge < -0.3 is 38.5 Å². The predicted molar refractivity (Wildman–Crippen MR) is 323 cm³/mol. The molecule has 1 fully saturated rings. The van der Waals surface area contributed by atoms with E-state index in [1.54, 1.807) is 9.36 Å². The Bertz CT molecular complexity index is 2630. The first-order valence-electron chi connectivity index (χ1n) is 27.9. The molecule has 4 aromatic rings. The molecular weight excluding hydrogens is 1280 g/mol. The van der Waals surface area contributed by atoms with Crippen molar-refractivity contribution in [1.82, 2.24) is 39.2 Å². The topological polar surface area (TPSA) is 222 Å². The molecule has 3 heterocycles. The molecule has 20 nitrogen and oxygen atoms in total. The monoisotopic (exact) mass is 1360 g/mol. The van der Waals surface area contributed by atoms with Gasteiger partial charge in [-0.15, -0.1) is 0 Å². The number of carbonyl (C=O) groups is 8. The van der Waals surface area contributed by atoms with E-state index in [4.69, 9.17) is 18.9 Å². The third-order valence-electron chi connectivity index (χ3n) is 14.3. The Balaban J connectivity index is 1.59. The Morgan fingerprint density at radius 2 is 0.659 bits per heavy atom. The molecule has 0 aliphatic carbocycles. The Kier molecular flexibility index (Phi) is 24.9. The number of hydrogen-bond donors (Lipinski definition) is 0. The van der Waals surface area contributed by atoms with E-state index in [0.717, 1.165) is 38.1 Å². The smallest absolute Gasteiger partial charge is 0.329 e. The molecule has 448 valence electrons. The average Bonchev–Trinajstić information content (AvgIpc) is 4.20. The van der Waals surface area contributed by atoms with E-state index in [-0.39, 0.29) is 62.2 Å². The van der Waals surface area contributed by atoms with Crippen molar-refractivity contribution in [3.05, 3.63) is 103 Å². The van der Waals surface area contributed by atoms with Gasteiger partial charge in [-0.25, -0.2) is 19.2 Å². The Morgan fingerprint density at radius 3 is 0.915 bits per heavy atom. The standard InChI is InChI=1S/C60H82I2N8O12/c1-35(2)27-45-57(75)79-39(9)53(71)65(11)48(30-38(7)8)60(78)82-50(32-42-17-21-44(22-18-42)34-70-26-24-52(62)64-70)56(74)68(14)46(28-36(3)4)58(76)80-40(10)54(72)66(12)47(29-37(5)6)59(77)81-49(55(73)67(45)13)31-41-15-19-43(20-16-41)33-69-25-23-51(61)63-69/h15-26,35-40,45-50H,27-34H2,1-14H3/t39-,40-,45+,46+,47+,48+,49-,50-/m1/s1. The third kappa shape index (κ3) is 19.1. The summed E-state index contributed by atoms with van der Waals surface area (Å²) in [6, 6.07) is 13.4. The van der Waals surface area contributed by atoms with Crippen LogP contribution in [-0.4, -0.2) is 163 Å². The third-order valence-corrected chi connectivity index (χ3v) is 15.4. The van der Waals surface area contributed by atoms with E-state index in [0.29, 0.717) is 24.2 Å². The lowest BCUT2D eigenvalue weighted by atomic mass is 9.99. The van der Waals surface area contributed by atoms with Crippen LogP contribution in [0.5, 0.6) is 0 Å². The summed E-state index contributed by atoms with van der Waals surface area (Å²) in [6.45, 7) is 18.5. The molecule has 0 bridgehead atoms. The van der Waals surface area contributed by atoms with Crippen LogP contribution in [0, 0.1) is 31.1 Å². The van der Waals surface area contributed by atoms with Gasteiger partial charge in [-0.05, 0) is 143 Å². The Labute approximate surface area is 509 Å². The number of hydrogen-bond acceptors (Lipinski definition) is 14. The second kappa shape index (κ2) is 30.6. The summed E-state index contributed by atoms with van der Waals surface area (Å²) < 4.78 is 29.5. The maximum absolute atomic E-state index is 15.0. The van der Waals surface area contributed by atoms with Crippen LogP contribution < -0.4 is 0 Å². The average molecular weight is 1360 g/mol. The van der Waals surface area contributed by atoms with Crippen molar-refractivity contribution >= 4 is 92.7 Å². The number of benzene rings is 2. The van der Waals surface area contributed by atoms with Crippen LogP contribution in [0.1, 0.15) is 117 Å². The van der Waals surface area contributed by atoms with Gasteiger partial charge in [-0.1, -0.05) is 104 Å². The molecule has 0 unspecified atom stereocenters. The number of amides is 4. The van der Waals surface area contributed by atoms with Crippen molar-refractivity contribution < 1.29 is 57.3 Å². The number of likely N-dealkylation sites (N-methyl/N-ethyl adjacent to an activating group) is 4. The van der Waals surface area contributed by atoms with Gasteiger partial charge in [0.05, 0.1) is 13.1 Å². The number of cyclic esters (lactones) is 4. The second-order valence-electron chi connectivity index (χ2n) is 23.1. The Hall–Kier alpha value is -5.92. The van der Waals surface area contributed by atoms with E-state index >= 15 is 9.59 Å². The van der Waals surface area contributed by atoms with Crippen LogP contribution in [0.15, 0.2) is 73.1 Å². The highest BCUT2D eigenvalue weighted by Crippen LogP contribution is 2.25. The normalized spacial score (nSPS) is 23.0. The van der Waals surface area contributed by atoms with E-state index in [9.17, 15) is 28.8 Å². The van der Waals surface area contributed by atoms with Gasteiger partial charge >= 0.3 is 23.9 Å². The summed E-state index contributed by atoms with van der Waals surface area (Å²) >= 11 is 4.27. The summed E-state index contributed by atoms with van der Waals surface area (Å²) in [5.74, 6) is -7.42. The SMILES string of the molecule is CC(C)C[C@H]1C(=O)O[C@H](Cc2ccc(Cn3ccc(I)n3)cc2)C(=O)N(C)[C@@H](CC(C)C)C(=O)O[C@H](C)C(=O)N(C)[C@@H](CC(C)C)C(=O)O[C@H](Cc2ccc(Cn3ccc(I)n3)cc2)C(=O)N(C)[C@@H](CC(C)C)C(=O)O[C@H](C)C(=O)N1C. The first-order chi connectivity index (χ1) is 38.5. The van der Waals surface area contributed by atoms with Crippen molar-refractivity contribution in [2.24, 2.45) is 23.7 Å². The van der Waals surface area contributed by atoms with Crippen LogP contribution in [0.2, 0.25) is 0 Å². The maximum Gasteiger partial charge on any atom is 0.329 e. The van der Waals surface area contributed by atoms with Crippen LogP contribution in [-0.2, 0) is 83.2 Å². The molecule has 1 aliphatic rings. The summed E-state index contributed by atoms with van der Waals surface area (Å²) in [4.78, 5) is 122. The van der Waals surface area contributed by atoms with Gasteiger partial charge in [0.15, 0.2) is 24.4 Å². The minimum atomic E-state index is -1.53. The van der Waals surface area contributed by atoms with Gasteiger partial charge in [-0.2, -0.15) is 10.2 Å². The molecule has 5 rings (SSSR count). The van der Waals surface area contributed by atoms with Crippen molar-refractivity contribution in [2.45, 2.75) is 169 Å². The zero-order valence-corrected chi connectivity index (χ0v) is 54.1. The molecule has 82 heavy (non-hydrogen) atoms. The highest BCUT2D eigenvalue weighted by atomic mass is 127. The number of halogens is 2. The van der Waals surface area contributed by atoms with Gasteiger partial charge in [-0.3, -0.25) is 28.5 Å². The minimum absolute atomic E-state index is 0.0834. The zero-order chi connectivity index (χ0) is 60.9. The van der Waals surface area contributed by atoms with Crippen molar-refractivity contribution in [3.8, 4) is 0 Å². The summed E-state index contributed by atoms with van der Waals surface area (Å²) in [5.41, 5.74) is 3.07. The van der Waals surface area contributed by atoms with Gasteiger partial charge in [0, 0.05) is 53.4 Å². The van der Waals surface area contributed by atoms with Crippen LogP contribution >= 0.6 is 45.2 Å². The molecule has 0 radical (unpaired) electrons. The maximum atomic E-state index is 15.0. The molecule has 8 atom stereocenters. The second-order valence-corrected chi connectivity index (χ2v) is 25.3. The summed E-state index contributed by atoms with van der Waals surface area (Å²) in [5, 5.41) is 8.92. The summed E-state index contributed by atoms with van der Waals surface area (Å²) in [6.07, 6.45) is -2.24. The number of ether oxygens (including phenoxy) is 4. The summed E-state index contributed by atoms with van der Waals surface area (Å²) in [7, 11) is 5.58. The van der Waals surface area contributed by atoms with E-state index < -0.39 is 96.1 Å². The van der Waals surface area contributed by atoms with Gasteiger partial charge in [0.25, 0.3) is 23.6 Å². The zero-order valence-electron chi connectivity index (χ0n) is 49.7. The molecule has 22 heteroatoms. The van der Waals surface area contributed by atoms with Gasteiger partial charge in [0.2, 0.25) is 0 Å². The molecule has 2 aromatic carbocycles. The molecule has 2 aromatic heterocycles. The lowest BCUT2D eigenvalue weighted by Crippen LogP contribution is -2.55. The number of esters is 4. The molecule has 0 N–H and O–H groups in total. The minimum Gasteiger partial charge on any atom is -0.451 e. The van der Waals surface area contributed by atoms with E-state index in [1.807, 2.05) is 128 Å². The highest BCUT2D eigenvalue weighted by molar-refractivity contribution is 14.1. The van der Waals surface area contributed by atoms with Crippen LogP contribution in [0.4, 0.5) is 0 Å². The number of aromatic nitrogens is 4. The van der Waals surface area contributed by atoms with Crippen molar-refractivity contribution in [1.29, 1.82) is 0 Å². The first-order valence-corrected chi connectivity index (χ1v) is 30.1. The van der Waals surface area contributed by atoms with Gasteiger partial charge in [0.1, 0.15) is 31.6 Å². The molecule has 1 aliphatic heterocycles. The molecule has 0 saturated carbocycles. The number of nitrogens with zero attached hydrogens (tertiary/aromatic N) is 8. The Morgan fingerprint density at radius 1 is 0.402 bits per heavy atom. The largest absolute Gasteiger partial charge is 0.451 e. The molecular formula is C60H82I2N8O12. The lowest BCUT2D eigenvalue weighted by Gasteiger charge is -2.35. The lowest BCUT2D eigenvalue weighted by molar-refractivity contribution is -0.176. The van der Waals surface area contributed by atoms with Crippen molar-refractivity contribution in [3.63, 3.8) is 0 Å². The fourth-order valence-electron chi connectivity index (χ4n) is 9.69. The fourth-order valence-corrected chi connectivity index (χ4v) is 10.6. The fraction of sp³-hybridized carbons (Fsp3) is 0.567. The van der Waals surface area contributed by atoms with E-state index in [2.05, 4.69) is 55.4 Å². The predicted octanol–water partition coefficient (Wildman–Crippen LogP) is 7.36. The molecule has 4 amide bonds. The molecule has 1 saturated heterocycles. The molecule has 0 spiro atoms. The first kappa shape index (κ1) is 66.9. The van der Waals surface area contributed by atoms with Crippen LogP contribution in [0.25, 0.3) is 0 Å². The highest BCUT2D eigenvalue weighted by Gasteiger charge is 2.43. The van der Waals surface area contributed by atoms with Crippen LogP contribution in [0.3, 0.4) is 0 Å². The van der Waals surface area contributed by atoms with Crippen molar-refractivity contribution in [2.75, 3.05) is 28.2 Å². The quantitative estimate of drug-likeness (QED) is 0.0608.